The van der Waals surface area contributed by atoms with Gasteiger partial charge >= 0.3 is 5.97 Å². The predicted molar refractivity (Wildman–Crippen MR) is 121 cm³/mol. The number of rotatable bonds is 7. The Bertz CT molecular complexity index is 1450. The lowest BCUT2D eigenvalue weighted by Gasteiger charge is -2.05. The SMILES string of the molecule is CCOC(=O)Cn1c(=NC(=O)/C=C/c2cccc([N+](=O)[O-])c2)sc2cc(S(N)(=O)=O)ccc21. The zero-order valence-electron chi connectivity index (χ0n) is 17.2. The maximum Gasteiger partial charge on any atom is 0.326 e. The van der Waals surface area contributed by atoms with Crippen LogP contribution in [-0.4, -0.2) is 36.4 Å². The topological polar surface area (TPSA) is 164 Å². The zero-order chi connectivity index (χ0) is 24.2. The Morgan fingerprint density at radius 2 is 2.03 bits per heavy atom. The second kappa shape index (κ2) is 9.85. The van der Waals surface area contributed by atoms with Crippen LogP contribution in [0, 0.1) is 10.1 Å². The van der Waals surface area contributed by atoms with Crippen LogP contribution in [0.2, 0.25) is 0 Å². The van der Waals surface area contributed by atoms with E-state index in [1.165, 1.54) is 47.0 Å². The molecule has 33 heavy (non-hydrogen) atoms. The molecule has 0 aliphatic heterocycles. The highest BCUT2D eigenvalue weighted by molar-refractivity contribution is 7.89. The summed E-state index contributed by atoms with van der Waals surface area (Å²) in [6.45, 7) is 1.57. The molecule has 3 aromatic rings. The van der Waals surface area contributed by atoms with Gasteiger partial charge in [-0.05, 0) is 36.8 Å². The molecule has 0 aliphatic carbocycles. The van der Waals surface area contributed by atoms with Crippen LogP contribution in [0.3, 0.4) is 0 Å². The molecule has 1 heterocycles. The number of carbonyl (C=O) groups is 2. The molecule has 0 spiro atoms. The number of nitro groups is 1. The number of hydrogen-bond acceptors (Lipinski definition) is 8. The minimum Gasteiger partial charge on any atom is -0.465 e. The smallest absolute Gasteiger partial charge is 0.326 e. The number of nitrogens with zero attached hydrogens (tertiary/aromatic N) is 3. The number of benzene rings is 2. The van der Waals surface area contributed by atoms with Gasteiger partial charge in [-0.15, -0.1) is 0 Å². The summed E-state index contributed by atoms with van der Waals surface area (Å²) in [6.07, 6.45) is 2.51. The molecule has 0 aliphatic rings. The summed E-state index contributed by atoms with van der Waals surface area (Å²) in [4.78, 5) is 38.9. The molecule has 172 valence electrons. The number of nitro benzene ring substituents is 1. The number of amides is 1. The number of nitrogens with two attached hydrogens (primary N) is 1. The molecule has 1 amide bonds. The van der Waals surface area contributed by atoms with Crippen LogP contribution in [-0.2, 0) is 30.9 Å². The monoisotopic (exact) mass is 490 g/mol. The summed E-state index contributed by atoms with van der Waals surface area (Å²) in [6, 6.07) is 9.80. The van der Waals surface area contributed by atoms with Crippen molar-refractivity contribution >= 4 is 55.2 Å². The molecule has 0 fully saturated rings. The largest absolute Gasteiger partial charge is 0.465 e. The lowest BCUT2D eigenvalue weighted by Crippen LogP contribution is -2.22. The van der Waals surface area contributed by atoms with Crippen molar-refractivity contribution < 1.29 is 27.7 Å². The van der Waals surface area contributed by atoms with Gasteiger partial charge in [0.25, 0.3) is 11.6 Å². The fraction of sp³-hybridized carbons (Fsp3) is 0.150. The van der Waals surface area contributed by atoms with Crippen molar-refractivity contribution in [2.75, 3.05) is 6.61 Å². The van der Waals surface area contributed by atoms with E-state index in [0.29, 0.717) is 15.8 Å². The summed E-state index contributed by atoms with van der Waals surface area (Å²) < 4.78 is 30.2. The second-order valence-corrected chi connectivity index (χ2v) is 9.16. The van der Waals surface area contributed by atoms with Gasteiger partial charge < -0.3 is 9.30 Å². The summed E-state index contributed by atoms with van der Waals surface area (Å²) >= 11 is 0.995. The first kappa shape index (κ1) is 24.0. The number of thiazole rings is 1. The molecular weight excluding hydrogens is 472 g/mol. The van der Waals surface area contributed by atoms with Gasteiger partial charge in [-0.3, -0.25) is 19.7 Å². The van der Waals surface area contributed by atoms with E-state index in [2.05, 4.69) is 4.99 Å². The first-order valence-corrected chi connectivity index (χ1v) is 11.8. The van der Waals surface area contributed by atoms with E-state index in [0.717, 1.165) is 17.4 Å². The Hall–Kier alpha value is -3.68. The van der Waals surface area contributed by atoms with Crippen LogP contribution in [0.1, 0.15) is 12.5 Å². The summed E-state index contributed by atoms with van der Waals surface area (Å²) in [5.74, 6) is -1.24. The summed E-state index contributed by atoms with van der Waals surface area (Å²) in [5.41, 5.74) is 0.778. The van der Waals surface area contributed by atoms with E-state index in [9.17, 15) is 28.1 Å². The Labute approximate surface area is 191 Å². The quantitative estimate of drug-likeness (QED) is 0.229. The van der Waals surface area contributed by atoms with E-state index in [1.54, 1.807) is 13.0 Å². The van der Waals surface area contributed by atoms with E-state index >= 15 is 0 Å². The average Bonchev–Trinajstić information content (AvgIpc) is 3.08. The third-order valence-corrected chi connectivity index (χ3v) is 6.23. The van der Waals surface area contributed by atoms with Crippen molar-refractivity contribution in [2.45, 2.75) is 18.4 Å². The highest BCUT2D eigenvalue weighted by Gasteiger charge is 2.15. The number of fused-ring (bicyclic) bond motifs is 1. The molecule has 0 bridgehead atoms. The highest BCUT2D eigenvalue weighted by atomic mass is 32.2. The number of esters is 1. The van der Waals surface area contributed by atoms with Gasteiger partial charge in [0, 0.05) is 18.2 Å². The lowest BCUT2D eigenvalue weighted by molar-refractivity contribution is -0.384. The molecular formula is C20H18N4O7S2. The van der Waals surface area contributed by atoms with Crippen LogP contribution in [0.5, 0.6) is 0 Å². The Balaban J connectivity index is 2.03. The fourth-order valence-corrected chi connectivity index (χ4v) is 4.53. The first-order valence-electron chi connectivity index (χ1n) is 9.41. The molecule has 13 heteroatoms. The van der Waals surface area contributed by atoms with Crippen LogP contribution in [0.15, 0.2) is 58.4 Å². The number of ether oxygens (including phenoxy) is 1. The molecule has 1 aromatic heterocycles. The van der Waals surface area contributed by atoms with Crippen LogP contribution in [0.25, 0.3) is 16.3 Å². The van der Waals surface area contributed by atoms with Gasteiger partial charge in [0.15, 0.2) is 4.80 Å². The maximum atomic E-state index is 12.4. The molecule has 0 saturated carbocycles. The molecule has 3 rings (SSSR count). The number of carbonyl (C=O) groups excluding carboxylic acids is 2. The highest BCUT2D eigenvalue weighted by Crippen LogP contribution is 2.21. The van der Waals surface area contributed by atoms with Crippen LogP contribution in [0.4, 0.5) is 5.69 Å². The third-order valence-electron chi connectivity index (χ3n) is 4.28. The summed E-state index contributed by atoms with van der Waals surface area (Å²) in [7, 11) is -3.95. The number of sulfonamides is 1. The van der Waals surface area contributed by atoms with Crippen molar-refractivity contribution in [3.05, 3.63) is 69.0 Å². The number of primary sulfonamides is 1. The fourth-order valence-electron chi connectivity index (χ4n) is 2.85. The minimum absolute atomic E-state index is 0.121. The lowest BCUT2D eigenvalue weighted by atomic mass is 10.2. The zero-order valence-corrected chi connectivity index (χ0v) is 18.8. The molecule has 0 atom stereocenters. The van der Waals surface area contributed by atoms with E-state index in [4.69, 9.17) is 9.88 Å². The summed E-state index contributed by atoms with van der Waals surface area (Å²) in [5, 5.41) is 16.1. The van der Waals surface area contributed by atoms with Crippen molar-refractivity contribution in [1.29, 1.82) is 0 Å². The molecule has 2 aromatic carbocycles. The van der Waals surface area contributed by atoms with Crippen molar-refractivity contribution in [2.24, 2.45) is 10.1 Å². The van der Waals surface area contributed by atoms with Gasteiger partial charge in [0.2, 0.25) is 10.0 Å². The Morgan fingerprint density at radius 1 is 1.27 bits per heavy atom. The predicted octanol–water partition coefficient (Wildman–Crippen LogP) is 1.96. The first-order chi connectivity index (χ1) is 15.6. The maximum absolute atomic E-state index is 12.4. The van der Waals surface area contributed by atoms with Crippen LogP contribution >= 0.6 is 11.3 Å². The number of non-ortho nitro benzene ring substituents is 1. The molecule has 11 nitrogen and oxygen atoms in total. The van der Waals surface area contributed by atoms with E-state index in [1.807, 2.05) is 0 Å². The van der Waals surface area contributed by atoms with Crippen molar-refractivity contribution in [1.82, 2.24) is 4.57 Å². The van der Waals surface area contributed by atoms with Gasteiger partial charge in [0.1, 0.15) is 6.54 Å². The number of hydrogen-bond donors (Lipinski definition) is 1. The Morgan fingerprint density at radius 3 is 2.70 bits per heavy atom. The molecule has 0 radical (unpaired) electrons. The second-order valence-electron chi connectivity index (χ2n) is 6.59. The molecule has 0 saturated heterocycles. The van der Waals surface area contributed by atoms with Crippen LogP contribution < -0.4 is 9.94 Å². The van der Waals surface area contributed by atoms with Gasteiger partial charge in [-0.25, -0.2) is 13.6 Å². The molecule has 2 N–H and O–H groups in total. The van der Waals surface area contributed by atoms with E-state index < -0.39 is 26.8 Å². The van der Waals surface area contributed by atoms with Gasteiger partial charge in [-0.1, -0.05) is 23.5 Å². The average molecular weight is 491 g/mol. The Kier molecular flexibility index (Phi) is 7.16. The van der Waals surface area contributed by atoms with Gasteiger partial charge in [0.05, 0.1) is 26.6 Å². The van der Waals surface area contributed by atoms with E-state index in [-0.39, 0.29) is 28.5 Å². The van der Waals surface area contributed by atoms with Gasteiger partial charge in [-0.2, -0.15) is 4.99 Å². The number of aromatic nitrogens is 1. The normalized spacial score (nSPS) is 12.4. The standard InChI is InChI=1S/C20H18N4O7S2/c1-2-31-19(26)12-23-16-8-7-15(33(21,29)30)11-17(16)32-20(23)22-18(25)9-6-13-4-3-5-14(10-13)24(27)28/h3-11H,2,12H2,1H3,(H2,21,29,30)/b9-6+,22-20?. The third kappa shape index (κ3) is 5.97. The molecule has 0 unspecified atom stereocenters. The minimum atomic E-state index is -3.95. The van der Waals surface area contributed by atoms with Crippen molar-refractivity contribution in [3.8, 4) is 0 Å². The van der Waals surface area contributed by atoms with Crippen molar-refractivity contribution in [3.63, 3.8) is 0 Å².